The van der Waals surface area contributed by atoms with Crippen LogP contribution in [0.1, 0.15) is 41.1 Å². The van der Waals surface area contributed by atoms with Crippen molar-refractivity contribution in [2.45, 2.75) is 43.5 Å². The summed E-state index contributed by atoms with van der Waals surface area (Å²) in [5.74, 6) is -0.131. The highest BCUT2D eigenvalue weighted by atomic mass is 32.2. The molecule has 3 aromatic rings. The van der Waals surface area contributed by atoms with Crippen LogP contribution in [0.2, 0.25) is 0 Å². The number of benzene rings is 3. The molecule has 0 spiro atoms. The van der Waals surface area contributed by atoms with Gasteiger partial charge in [0.05, 0.1) is 10.9 Å². The fraction of sp³-hybridized carbons (Fsp3) is 0.296. The van der Waals surface area contributed by atoms with Gasteiger partial charge in [-0.25, -0.2) is 8.42 Å². The summed E-state index contributed by atoms with van der Waals surface area (Å²) in [7, 11) is -3.72. The summed E-state index contributed by atoms with van der Waals surface area (Å²) >= 11 is 0. The van der Waals surface area contributed by atoms with Crippen molar-refractivity contribution in [1.29, 1.82) is 0 Å². The first-order valence-corrected chi connectivity index (χ1v) is 12.9. The summed E-state index contributed by atoms with van der Waals surface area (Å²) in [5.41, 5.74) is 4.27. The summed E-state index contributed by atoms with van der Waals surface area (Å²) in [5, 5.41) is 2.99. The number of hydrogen-bond donors (Lipinski definition) is 1. The number of nitrogens with one attached hydrogen (secondary N) is 1. The van der Waals surface area contributed by atoms with Gasteiger partial charge in [0.1, 0.15) is 0 Å². The summed E-state index contributed by atoms with van der Waals surface area (Å²) in [4.78, 5) is 13.1. The minimum atomic E-state index is -3.72. The van der Waals surface area contributed by atoms with Crippen molar-refractivity contribution in [3.63, 3.8) is 0 Å². The molecule has 1 aliphatic rings. The van der Waals surface area contributed by atoms with Crippen molar-refractivity contribution in [2.75, 3.05) is 13.1 Å². The maximum absolute atomic E-state index is 13.5. The van der Waals surface area contributed by atoms with Crippen molar-refractivity contribution in [2.24, 2.45) is 0 Å². The molecule has 33 heavy (non-hydrogen) atoms. The molecule has 1 heterocycles. The second-order valence-corrected chi connectivity index (χ2v) is 10.4. The zero-order chi connectivity index (χ0) is 23.3. The first kappa shape index (κ1) is 23.2. The van der Waals surface area contributed by atoms with E-state index in [1.807, 2.05) is 49.4 Å². The van der Waals surface area contributed by atoms with E-state index < -0.39 is 16.1 Å². The Morgan fingerprint density at radius 3 is 2.42 bits per heavy atom. The van der Waals surface area contributed by atoms with Crippen molar-refractivity contribution in [1.82, 2.24) is 9.62 Å². The molecule has 0 aliphatic carbocycles. The molecular weight excluding hydrogens is 432 g/mol. The quantitative estimate of drug-likeness (QED) is 0.504. The minimum Gasteiger partial charge on any atom is -0.356 e. The van der Waals surface area contributed by atoms with Crippen LogP contribution in [-0.4, -0.2) is 31.7 Å². The van der Waals surface area contributed by atoms with E-state index in [1.165, 1.54) is 9.87 Å². The van der Waals surface area contributed by atoms with E-state index in [2.05, 4.69) is 17.4 Å². The van der Waals surface area contributed by atoms with Crippen molar-refractivity contribution in [3.05, 3.63) is 101 Å². The Balaban J connectivity index is 1.48. The van der Waals surface area contributed by atoms with Crippen LogP contribution in [0.5, 0.6) is 0 Å². The molecule has 4 rings (SSSR count). The van der Waals surface area contributed by atoms with Gasteiger partial charge in [-0.05, 0) is 55.0 Å². The molecule has 172 valence electrons. The SMILES string of the molecule is Cc1ccc(S(=O)(=O)N2CCc3ccccc3C2CC(=O)NCCCc2ccccc2)cc1. The maximum Gasteiger partial charge on any atom is 0.243 e. The highest BCUT2D eigenvalue weighted by Crippen LogP contribution is 2.36. The maximum atomic E-state index is 13.5. The van der Waals surface area contributed by atoms with E-state index in [-0.39, 0.29) is 17.2 Å². The van der Waals surface area contributed by atoms with E-state index in [4.69, 9.17) is 0 Å². The molecule has 1 amide bonds. The summed E-state index contributed by atoms with van der Waals surface area (Å²) in [6, 6.07) is 24.4. The van der Waals surface area contributed by atoms with Crippen LogP contribution in [0.25, 0.3) is 0 Å². The number of carbonyl (C=O) groups excluding carboxylic acids is 1. The standard InChI is InChI=1S/C27H30N2O3S/c1-21-13-15-24(16-14-21)33(31,32)29-19-17-23-11-5-6-12-25(23)26(29)20-27(30)28-18-7-10-22-8-3-2-4-9-22/h2-6,8-9,11-16,26H,7,10,17-20H2,1H3,(H,28,30). The average Bonchev–Trinajstić information content (AvgIpc) is 2.83. The number of rotatable bonds is 8. The van der Waals surface area contributed by atoms with Crippen molar-refractivity contribution >= 4 is 15.9 Å². The third kappa shape index (κ3) is 5.52. The predicted octanol–water partition coefficient (Wildman–Crippen LogP) is 4.42. The average molecular weight is 463 g/mol. The van der Waals surface area contributed by atoms with E-state index in [1.54, 1.807) is 24.3 Å². The van der Waals surface area contributed by atoms with Gasteiger partial charge in [-0.2, -0.15) is 4.31 Å². The van der Waals surface area contributed by atoms with E-state index >= 15 is 0 Å². The Morgan fingerprint density at radius 2 is 1.67 bits per heavy atom. The number of hydrogen-bond acceptors (Lipinski definition) is 3. The lowest BCUT2D eigenvalue weighted by Crippen LogP contribution is -2.42. The predicted molar refractivity (Wildman–Crippen MR) is 130 cm³/mol. The van der Waals surface area contributed by atoms with Gasteiger partial charge < -0.3 is 5.32 Å². The largest absolute Gasteiger partial charge is 0.356 e. The van der Waals surface area contributed by atoms with Gasteiger partial charge in [0.15, 0.2) is 0 Å². The molecule has 0 bridgehead atoms. The van der Waals surface area contributed by atoms with E-state index in [9.17, 15) is 13.2 Å². The molecule has 1 N–H and O–H groups in total. The van der Waals surface area contributed by atoms with Gasteiger partial charge in [0, 0.05) is 19.5 Å². The molecule has 1 aliphatic heterocycles. The highest BCUT2D eigenvalue weighted by molar-refractivity contribution is 7.89. The molecule has 6 heteroatoms. The fourth-order valence-electron chi connectivity index (χ4n) is 4.39. The molecule has 1 unspecified atom stereocenters. The summed E-state index contributed by atoms with van der Waals surface area (Å²) < 4.78 is 28.5. The van der Waals surface area contributed by atoms with Crippen molar-refractivity contribution in [3.8, 4) is 0 Å². The lowest BCUT2D eigenvalue weighted by Gasteiger charge is -2.36. The molecular formula is C27H30N2O3S. The molecule has 1 atom stereocenters. The van der Waals surface area contributed by atoms with Crippen LogP contribution in [0, 0.1) is 6.92 Å². The summed E-state index contributed by atoms with van der Waals surface area (Å²) in [6.07, 6.45) is 2.47. The Kier molecular flexibility index (Phi) is 7.26. The molecule has 0 radical (unpaired) electrons. The van der Waals surface area contributed by atoms with Crippen LogP contribution in [-0.2, 0) is 27.7 Å². The van der Waals surface area contributed by atoms with E-state index in [0.29, 0.717) is 19.5 Å². The third-order valence-corrected chi connectivity index (χ3v) is 8.10. The van der Waals surface area contributed by atoms with Crippen LogP contribution < -0.4 is 5.32 Å². The molecule has 0 saturated heterocycles. The highest BCUT2D eigenvalue weighted by Gasteiger charge is 2.37. The minimum absolute atomic E-state index is 0.105. The first-order chi connectivity index (χ1) is 15.9. The topological polar surface area (TPSA) is 66.5 Å². The molecule has 0 aromatic heterocycles. The first-order valence-electron chi connectivity index (χ1n) is 11.4. The molecule has 0 saturated carbocycles. The lowest BCUT2D eigenvalue weighted by atomic mass is 9.92. The van der Waals surface area contributed by atoms with Gasteiger partial charge in [-0.3, -0.25) is 4.79 Å². The summed E-state index contributed by atoms with van der Waals surface area (Å²) in [6.45, 7) is 2.85. The van der Waals surface area contributed by atoms with Gasteiger partial charge in [0.25, 0.3) is 0 Å². The number of nitrogens with zero attached hydrogens (tertiary/aromatic N) is 1. The Morgan fingerprint density at radius 1 is 0.970 bits per heavy atom. The van der Waals surface area contributed by atoms with Gasteiger partial charge >= 0.3 is 0 Å². The second kappa shape index (κ2) is 10.3. The van der Waals surface area contributed by atoms with Crippen LogP contribution in [0.4, 0.5) is 0 Å². The normalized spacial score (nSPS) is 16.2. The zero-order valence-electron chi connectivity index (χ0n) is 18.9. The van der Waals surface area contributed by atoms with Crippen molar-refractivity contribution < 1.29 is 13.2 Å². The van der Waals surface area contributed by atoms with Gasteiger partial charge in [-0.15, -0.1) is 0 Å². The second-order valence-electron chi connectivity index (χ2n) is 8.54. The third-order valence-electron chi connectivity index (χ3n) is 6.18. The lowest BCUT2D eigenvalue weighted by molar-refractivity contribution is -0.122. The Bertz CT molecular complexity index is 1190. The Labute approximate surface area is 196 Å². The molecule has 5 nitrogen and oxygen atoms in total. The molecule has 0 fully saturated rings. The number of amides is 1. The zero-order valence-corrected chi connectivity index (χ0v) is 19.7. The number of sulfonamides is 1. The van der Waals surface area contributed by atoms with E-state index in [0.717, 1.165) is 29.5 Å². The monoisotopic (exact) mass is 462 g/mol. The number of aryl methyl sites for hydroxylation is 2. The van der Waals surface area contributed by atoms with Crippen LogP contribution >= 0.6 is 0 Å². The van der Waals surface area contributed by atoms with Gasteiger partial charge in [0.2, 0.25) is 15.9 Å². The van der Waals surface area contributed by atoms with Crippen LogP contribution in [0.3, 0.4) is 0 Å². The number of carbonyl (C=O) groups is 1. The Hall–Kier alpha value is -2.96. The van der Waals surface area contributed by atoms with Crippen LogP contribution in [0.15, 0.2) is 83.8 Å². The number of fused-ring (bicyclic) bond motifs is 1. The smallest absolute Gasteiger partial charge is 0.243 e. The van der Waals surface area contributed by atoms with Gasteiger partial charge in [-0.1, -0.05) is 72.3 Å². The molecule has 3 aromatic carbocycles. The fourth-order valence-corrected chi connectivity index (χ4v) is 5.99.